The lowest BCUT2D eigenvalue weighted by Crippen LogP contribution is -2.06. The van der Waals surface area contributed by atoms with E-state index in [0.29, 0.717) is 23.4 Å². The molecule has 2 N–H and O–H groups in total. The molecule has 0 aliphatic rings. The first-order valence-electron chi connectivity index (χ1n) is 10.5. The van der Waals surface area contributed by atoms with Crippen LogP contribution in [0.5, 0.6) is 11.5 Å². The molecule has 0 aliphatic heterocycles. The smallest absolute Gasteiger partial charge is 0.439 e. The topological polar surface area (TPSA) is 101 Å². The van der Waals surface area contributed by atoms with Gasteiger partial charge in [-0.2, -0.15) is 0 Å². The summed E-state index contributed by atoms with van der Waals surface area (Å²) in [5, 5.41) is 13.9. The Bertz CT molecular complexity index is 1390. The maximum atomic E-state index is 15.0. The monoisotopic (exact) mass is 449 g/mol. The Balaban J connectivity index is 1.61. The van der Waals surface area contributed by atoms with Crippen LogP contribution in [0.2, 0.25) is 0 Å². The largest absolute Gasteiger partial charge is 0.506 e. The zero-order chi connectivity index (χ0) is 23.7. The number of halogens is 1. The van der Waals surface area contributed by atoms with Gasteiger partial charge in [-0.25, -0.2) is 14.2 Å². The van der Waals surface area contributed by atoms with E-state index in [-0.39, 0.29) is 23.9 Å². The number of hydrogen-bond donors (Lipinski definition) is 2. The number of aromatic hydroxyl groups is 1. The van der Waals surface area contributed by atoms with Crippen molar-refractivity contribution in [3.63, 3.8) is 0 Å². The molecule has 0 amide bonds. The van der Waals surface area contributed by atoms with Crippen molar-refractivity contribution < 1.29 is 18.8 Å². The van der Waals surface area contributed by atoms with Gasteiger partial charge >= 0.3 is 5.76 Å². The van der Waals surface area contributed by atoms with Gasteiger partial charge in [-0.1, -0.05) is 17.3 Å². The van der Waals surface area contributed by atoms with Crippen molar-refractivity contribution in [2.45, 2.75) is 40.7 Å². The lowest BCUT2D eigenvalue weighted by atomic mass is 9.96. The number of pyridine rings is 1. The number of nitrogens with zero attached hydrogens (tertiary/aromatic N) is 2. The van der Waals surface area contributed by atoms with E-state index in [1.54, 1.807) is 25.1 Å². The third-order valence-electron chi connectivity index (χ3n) is 5.74. The van der Waals surface area contributed by atoms with E-state index in [1.807, 2.05) is 39.0 Å². The Labute approximate surface area is 189 Å². The maximum absolute atomic E-state index is 15.0. The second-order valence-corrected chi connectivity index (χ2v) is 8.09. The Kier molecular flexibility index (Phi) is 6.00. The Morgan fingerprint density at radius 3 is 2.55 bits per heavy atom. The third kappa shape index (κ3) is 4.64. The van der Waals surface area contributed by atoms with Gasteiger partial charge in [0.1, 0.15) is 18.1 Å². The average molecular weight is 449 g/mol. The number of nitrogens with one attached hydrogen (secondary N) is 1. The van der Waals surface area contributed by atoms with Crippen LogP contribution in [0.15, 0.2) is 45.7 Å². The van der Waals surface area contributed by atoms with E-state index < -0.39 is 11.6 Å². The van der Waals surface area contributed by atoms with Crippen LogP contribution < -0.4 is 10.5 Å². The Hall–Kier alpha value is -3.94. The Morgan fingerprint density at radius 1 is 1.06 bits per heavy atom. The minimum absolute atomic E-state index is 0.0621. The summed E-state index contributed by atoms with van der Waals surface area (Å²) in [5.74, 6) is -0.859. The van der Waals surface area contributed by atoms with Gasteiger partial charge in [0.25, 0.3) is 0 Å². The molecule has 0 spiro atoms. The van der Waals surface area contributed by atoms with Gasteiger partial charge in [-0.05, 0) is 79.8 Å². The molecule has 7 nitrogen and oxygen atoms in total. The summed E-state index contributed by atoms with van der Waals surface area (Å²) >= 11 is 0. The number of benzene rings is 2. The SMILES string of the molecule is Cc1ccc(-c2nc(Cc3c(C)cc(OCc4noc(=O)[nH]4)c(F)c3C)ccc2O)cc1C. The van der Waals surface area contributed by atoms with Gasteiger partial charge in [0.2, 0.25) is 0 Å². The summed E-state index contributed by atoms with van der Waals surface area (Å²) in [6, 6.07) is 10.9. The number of aryl methyl sites for hydroxylation is 3. The molecule has 8 heteroatoms. The standard InChI is InChI=1S/C25H24FN3O4/c1-13-5-6-17(9-14(13)2)24-20(30)8-7-18(27-24)11-19-15(3)10-21(23(26)16(19)4)32-12-22-28-25(31)33-29-22/h5-10,30H,11-12H2,1-4H3,(H,28,29,31). The van der Waals surface area contributed by atoms with Crippen LogP contribution in [0.1, 0.15) is 39.3 Å². The van der Waals surface area contributed by atoms with E-state index in [1.165, 1.54) is 0 Å². The minimum Gasteiger partial charge on any atom is -0.506 e. The predicted octanol–water partition coefficient (Wildman–Crippen LogP) is 4.67. The zero-order valence-corrected chi connectivity index (χ0v) is 18.8. The summed E-state index contributed by atoms with van der Waals surface area (Å²) in [5.41, 5.74) is 6.37. The minimum atomic E-state index is -0.696. The van der Waals surface area contributed by atoms with E-state index in [0.717, 1.165) is 27.8 Å². The number of aromatic nitrogens is 3. The van der Waals surface area contributed by atoms with Crippen molar-refractivity contribution in [1.82, 2.24) is 15.1 Å². The van der Waals surface area contributed by atoms with E-state index >= 15 is 4.39 Å². The van der Waals surface area contributed by atoms with Gasteiger partial charge in [-0.3, -0.25) is 9.51 Å². The molecular weight excluding hydrogens is 425 g/mol. The fourth-order valence-corrected chi connectivity index (χ4v) is 3.68. The normalized spacial score (nSPS) is 11.1. The number of rotatable bonds is 6. The van der Waals surface area contributed by atoms with E-state index in [4.69, 9.17) is 4.74 Å². The van der Waals surface area contributed by atoms with E-state index in [2.05, 4.69) is 19.6 Å². The molecule has 0 fully saturated rings. The summed E-state index contributed by atoms with van der Waals surface area (Å²) < 4.78 is 25.0. The van der Waals surface area contributed by atoms with Crippen LogP contribution in [0.4, 0.5) is 4.39 Å². The highest BCUT2D eigenvalue weighted by molar-refractivity contribution is 5.67. The fourth-order valence-electron chi connectivity index (χ4n) is 3.68. The number of hydrogen-bond acceptors (Lipinski definition) is 6. The molecule has 2 heterocycles. The predicted molar refractivity (Wildman–Crippen MR) is 121 cm³/mol. The number of H-pyrrole nitrogens is 1. The van der Waals surface area contributed by atoms with Crippen molar-refractivity contribution in [3.8, 4) is 22.8 Å². The first-order valence-corrected chi connectivity index (χ1v) is 10.5. The highest BCUT2D eigenvalue weighted by Crippen LogP contribution is 2.32. The fraction of sp³-hybridized carbons (Fsp3) is 0.240. The molecule has 2 aromatic heterocycles. The molecule has 0 radical (unpaired) electrons. The molecule has 0 atom stereocenters. The molecule has 0 saturated carbocycles. The quantitative estimate of drug-likeness (QED) is 0.444. The zero-order valence-electron chi connectivity index (χ0n) is 18.8. The van der Waals surface area contributed by atoms with E-state index in [9.17, 15) is 9.90 Å². The first kappa shape index (κ1) is 22.3. The maximum Gasteiger partial charge on any atom is 0.439 e. The summed E-state index contributed by atoms with van der Waals surface area (Å²) in [6.07, 6.45) is 0.392. The number of aromatic amines is 1. The molecule has 0 aliphatic carbocycles. The van der Waals surface area contributed by atoms with Crippen LogP contribution in [0.3, 0.4) is 0 Å². The van der Waals surface area contributed by atoms with Gasteiger partial charge in [0.05, 0.1) is 0 Å². The molecule has 4 aromatic rings. The van der Waals surface area contributed by atoms with Crippen LogP contribution in [0, 0.1) is 33.5 Å². The van der Waals surface area contributed by atoms with Crippen LogP contribution in [0.25, 0.3) is 11.3 Å². The van der Waals surface area contributed by atoms with Gasteiger partial charge in [0.15, 0.2) is 17.4 Å². The lowest BCUT2D eigenvalue weighted by molar-refractivity contribution is 0.271. The molecule has 4 rings (SSSR count). The molecule has 170 valence electrons. The van der Waals surface area contributed by atoms with Crippen molar-refractivity contribution in [2.75, 3.05) is 0 Å². The van der Waals surface area contributed by atoms with Crippen LogP contribution in [-0.2, 0) is 13.0 Å². The van der Waals surface area contributed by atoms with Gasteiger partial charge in [-0.15, -0.1) is 0 Å². The van der Waals surface area contributed by atoms with Crippen LogP contribution >= 0.6 is 0 Å². The molecule has 33 heavy (non-hydrogen) atoms. The molecule has 2 aromatic carbocycles. The second-order valence-electron chi connectivity index (χ2n) is 8.09. The Morgan fingerprint density at radius 2 is 1.85 bits per heavy atom. The highest BCUT2D eigenvalue weighted by atomic mass is 19.1. The lowest BCUT2D eigenvalue weighted by Gasteiger charge is -2.15. The third-order valence-corrected chi connectivity index (χ3v) is 5.74. The van der Waals surface area contributed by atoms with Crippen molar-refractivity contribution in [2.24, 2.45) is 0 Å². The molecule has 0 unspecified atom stereocenters. The van der Waals surface area contributed by atoms with Crippen molar-refractivity contribution in [1.29, 1.82) is 0 Å². The first-order chi connectivity index (χ1) is 15.7. The van der Waals surface area contributed by atoms with Crippen LogP contribution in [-0.4, -0.2) is 20.2 Å². The van der Waals surface area contributed by atoms with Gasteiger partial charge in [0, 0.05) is 17.7 Å². The molecule has 0 saturated heterocycles. The highest BCUT2D eigenvalue weighted by Gasteiger charge is 2.17. The second kappa shape index (κ2) is 8.90. The molecular formula is C25H24FN3O4. The van der Waals surface area contributed by atoms with Gasteiger partial charge < -0.3 is 9.84 Å². The average Bonchev–Trinajstić information content (AvgIpc) is 3.21. The van der Waals surface area contributed by atoms with Crippen molar-refractivity contribution >= 4 is 0 Å². The number of ether oxygens (including phenoxy) is 1. The summed E-state index contributed by atoms with van der Waals surface area (Å²) in [6.45, 7) is 7.48. The van der Waals surface area contributed by atoms with Crippen molar-refractivity contribution in [3.05, 3.63) is 92.1 Å². The molecule has 0 bridgehead atoms. The summed E-state index contributed by atoms with van der Waals surface area (Å²) in [4.78, 5) is 18.1. The summed E-state index contributed by atoms with van der Waals surface area (Å²) in [7, 11) is 0.